The normalized spacial score (nSPS) is 16.2. The first-order valence-electron chi connectivity index (χ1n) is 9.04. The summed E-state index contributed by atoms with van der Waals surface area (Å²) in [5.41, 5.74) is 0.731. The van der Waals surface area contributed by atoms with Crippen LogP contribution in [0.25, 0.3) is 0 Å². The fourth-order valence-corrected chi connectivity index (χ4v) is 4.08. The lowest BCUT2D eigenvalue weighted by molar-refractivity contribution is 0.0927. The van der Waals surface area contributed by atoms with Crippen LogP contribution < -0.4 is 5.32 Å². The highest BCUT2D eigenvalue weighted by Crippen LogP contribution is 2.26. The average molecular weight is 359 g/mol. The van der Waals surface area contributed by atoms with Crippen molar-refractivity contribution < 1.29 is 9.32 Å². The summed E-state index contributed by atoms with van der Waals surface area (Å²) in [5, 5.41) is 7.15. The predicted molar refractivity (Wildman–Crippen MR) is 98.6 cm³/mol. The van der Waals surface area contributed by atoms with Gasteiger partial charge in [0.2, 0.25) is 5.89 Å². The van der Waals surface area contributed by atoms with Gasteiger partial charge in [0.25, 0.3) is 5.91 Å². The van der Waals surface area contributed by atoms with Gasteiger partial charge in [-0.2, -0.15) is 4.98 Å². The van der Waals surface area contributed by atoms with Gasteiger partial charge in [0, 0.05) is 17.9 Å². The largest absolute Gasteiger partial charge is 0.349 e. The van der Waals surface area contributed by atoms with E-state index in [0.29, 0.717) is 23.5 Å². The molecule has 0 bridgehead atoms. The van der Waals surface area contributed by atoms with Crippen molar-refractivity contribution in [3.05, 3.63) is 41.5 Å². The molecule has 0 aliphatic heterocycles. The highest BCUT2D eigenvalue weighted by molar-refractivity contribution is 7.98. The van der Waals surface area contributed by atoms with Gasteiger partial charge in [0.1, 0.15) is 0 Å². The number of hydrogen-bond donors (Lipinski definition) is 1. The van der Waals surface area contributed by atoms with Crippen molar-refractivity contribution in [2.24, 2.45) is 0 Å². The second-order valence-electron chi connectivity index (χ2n) is 6.53. The Hall–Kier alpha value is -1.82. The minimum absolute atomic E-state index is 0.0259. The Morgan fingerprint density at radius 1 is 1.20 bits per heavy atom. The number of carbonyl (C=O) groups is 1. The van der Waals surface area contributed by atoms with E-state index in [-0.39, 0.29) is 5.91 Å². The van der Waals surface area contributed by atoms with Crippen LogP contribution in [-0.4, -0.2) is 22.1 Å². The van der Waals surface area contributed by atoms with Crippen molar-refractivity contribution in [2.45, 2.75) is 68.6 Å². The van der Waals surface area contributed by atoms with Crippen molar-refractivity contribution in [3.8, 4) is 0 Å². The molecule has 1 aromatic heterocycles. The van der Waals surface area contributed by atoms with E-state index in [1.165, 1.54) is 32.1 Å². The Balaban J connectivity index is 1.63. The van der Waals surface area contributed by atoms with Crippen LogP contribution in [0.4, 0.5) is 0 Å². The molecule has 1 saturated carbocycles. The van der Waals surface area contributed by atoms with Crippen LogP contribution in [0.5, 0.6) is 0 Å². The van der Waals surface area contributed by atoms with E-state index in [2.05, 4.69) is 15.5 Å². The van der Waals surface area contributed by atoms with Gasteiger partial charge in [-0.25, -0.2) is 0 Å². The highest BCUT2D eigenvalue weighted by atomic mass is 32.2. The molecule has 1 aliphatic rings. The second kappa shape index (κ2) is 9.04. The Morgan fingerprint density at radius 2 is 1.92 bits per heavy atom. The quantitative estimate of drug-likeness (QED) is 0.795. The van der Waals surface area contributed by atoms with Gasteiger partial charge < -0.3 is 9.84 Å². The minimum Gasteiger partial charge on any atom is -0.349 e. The SMILES string of the molecule is Cc1nc(CSc2ccccc2C(=O)NC2CCCCCCC2)no1. The molecular weight excluding hydrogens is 334 g/mol. The first-order valence-corrected chi connectivity index (χ1v) is 10.0. The molecule has 134 valence electrons. The zero-order chi connectivity index (χ0) is 17.5. The predicted octanol–water partition coefficient (Wildman–Crippen LogP) is 4.51. The maximum atomic E-state index is 12.8. The molecule has 5 nitrogen and oxygen atoms in total. The molecule has 0 unspecified atom stereocenters. The Labute approximate surface area is 153 Å². The van der Waals surface area contributed by atoms with Crippen LogP contribution in [0.15, 0.2) is 33.7 Å². The number of hydrogen-bond acceptors (Lipinski definition) is 5. The number of nitrogens with one attached hydrogen (secondary N) is 1. The molecule has 0 atom stereocenters. The van der Waals surface area contributed by atoms with E-state index in [4.69, 9.17) is 4.52 Å². The molecule has 0 spiro atoms. The number of carbonyl (C=O) groups excluding carboxylic acids is 1. The Morgan fingerprint density at radius 3 is 2.64 bits per heavy atom. The van der Waals surface area contributed by atoms with Crippen LogP contribution >= 0.6 is 11.8 Å². The van der Waals surface area contributed by atoms with Gasteiger partial charge >= 0.3 is 0 Å². The van der Waals surface area contributed by atoms with Gasteiger partial charge in [-0.15, -0.1) is 11.8 Å². The Kier molecular flexibility index (Phi) is 6.50. The topological polar surface area (TPSA) is 68.0 Å². The first-order chi connectivity index (χ1) is 12.2. The number of aryl methyl sites for hydroxylation is 1. The zero-order valence-corrected chi connectivity index (χ0v) is 15.5. The molecule has 1 aromatic carbocycles. The third-order valence-corrected chi connectivity index (χ3v) is 5.57. The molecule has 1 heterocycles. The molecule has 2 aromatic rings. The summed E-state index contributed by atoms with van der Waals surface area (Å²) in [6.07, 6.45) is 8.48. The molecule has 0 saturated heterocycles. The molecule has 1 fully saturated rings. The summed E-state index contributed by atoms with van der Waals surface area (Å²) in [4.78, 5) is 17.9. The van der Waals surface area contributed by atoms with Crippen LogP contribution in [0, 0.1) is 6.92 Å². The van der Waals surface area contributed by atoms with Crippen LogP contribution in [-0.2, 0) is 5.75 Å². The van der Waals surface area contributed by atoms with E-state index in [9.17, 15) is 4.79 Å². The summed E-state index contributed by atoms with van der Waals surface area (Å²) in [7, 11) is 0. The summed E-state index contributed by atoms with van der Waals surface area (Å²) in [6.45, 7) is 1.78. The van der Waals surface area contributed by atoms with E-state index in [1.807, 2.05) is 24.3 Å². The van der Waals surface area contributed by atoms with Crippen LogP contribution in [0.2, 0.25) is 0 Å². The number of rotatable bonds is 5. The Bertz CT molecular complexity index is 693. The highest BCUT2D eigenvalue weighted by Gasteiger charge is 2.17. The fraction of sp³-hybridized carbons (Fsp3) is 0.526. The molecule has 25 heavy (non-hydrogen) atoms. The maximum Gasteiger partial charge on any atom is 0.252 e. The number of thioether (sulfide) groups is 1. The molecule has 3 rings (SSSR count). The van der Waals surface area contributed by atoms with Gasteiger partial charge in [0.15, 0.2) is 5.82 Å². The van der Waals surface area contributed by atoms with Crippen molar-refractivity contribution >= 4 is 17.7 Å². The van der Waals surface area contributed by atoms with Gasteiger partial charge in [-0.1, -0.05) is 49.4 Å². The fourth-order valence-electron chi connectivity index (χ4n) is 3.19. The molecule has 1 N–H and O–H groups in total. The number of amides is 1. The summed E-state index contributed by atoms with van der Waals surface area (Å²) >= 11 is 1.57. The monoisotopic (exact) mass is 359 g/mol. The van der Waals surface area contributed by atoms with Crippen LogP contribution in [0.3, 0.4) is 0 Å². The third-order valence-electron chi connectivity index (χ3n) is 4.50. The first kappa shape index (κ1) is 18.0. The third kappa shape index (κ3) is 5.33. The van der Waals surface area contributed by atoms with Gasteiger partial charge in [-0.3, -0.25) is 4.79 Å². The standard InChI is InChI=1S/C19H25N3O2S/c1-14-20-18(22-24-14)13-25-17-12-8-7-11-16(17)19(23)21-15-9-5-3-2-4-6-10-15/h7-8,11-12,15H,2-6,9-10,13H2,1H3,(H,21,23). The number of benzene rings is 1. The van der Waals surface area contributed by atoms with E-state index >= 15 is 0 Å². The van der Waals surface area contributed by atoms with E-state index < -0.39 is 0 Å². The summed E-state index contributed by atoms with van der Waals surface area (Å²) < 4.78 is 5.00. The lowest BCUT2D eigenvalue weighted by Gasteiger charge is -2.21. The van der Waals surface area contributed by atoms with Crippen molar-refractivity contribution in [1.29, 1.82) is 0 Å². The lowest BCUT2D eigenvalue weighted by Crippen LogP contribution is -2.35. The number of nitrogens with zero attached hydrogens (tertiary/aromatic N) is 2. The van der Waals surface area contributed by atoms with Crippen molar-refractivity contribution in [3.63, 3.8) is 0 Å². The molecule has 1 amide bonds. The molecule has 6 heteroatoms. The summed E-state index contributed by atoms with van der Waals surface area (Å²) in [5.74, 6) is 1.83. The number of aromatic nitrogens is 2. The van der Waals surface area contributed by atoms with Crippen molar-refractivity contribution in [2.75, 3.05) is 0 Å². The maximum absolute atomic E-state index is 12.8. The van der Waals surface area contributed by atoms with E-state index in [0.717, 1.165) is 23.3 Å². The summed E-state index contributed by atoms with van der Waals surface area (Å²) in [6, 6.07) is 8.03. The van der Waals surface area contributed by atoms with Gasteiger partial charge in [0.05, 0.1) is 11.3 Å². The molecule has 1 aliphatic carbocycles. The van der Waals surface area contributed by atoms with Gasteiger partial charge in [-0.05, 0) is 25.0 Å². The molecule has 0 radical (unpaired) electrons. The van der Waals surface area contributed by atoms with E-state index in [1.54, 1.807) is 18.7 Å². The molecular formula is C19H25N3O2S. The lowest BCUT2D eigenvalue weighted by atomic mass is 9.96. The second-order valence-corrected chi connectivity index (χ2v) is 7.55. The smallest absolute Gasteiger partial charge is 0.252 e. The minimum atomic E-state index is 0.0259. The average Bonchev–Trinajstić information content (AvgIpc) is 3.01. The zero-order valence-electron chi connectivity index (χ0n) is 14.7. The van der Waals surface area contributed by atoms with Crippen molar-refractivity contribution in [1.82, 2.24) is 15.5 Å². The van der Waals surface area contributed by atoms with Crippen LogP contribution in [0.1, 0.15) is 67.0 Å².